The van der Waals surface area contributed by atoms with Crippen molar-refractivity contribution in [1.82, 2.24) is 0 Å². The van der Waals surface area contributed by atoms with Crippen LogP contribution in [0.4, 0.5) is 11.4 Å². The van der Waals surface area contributed by atoms with Crippen LogP contribution in [0.3, 0.4) is 0 Å². The van der Waals surface area contributed by atoms with Gasteiger partial charge in [0.25, 0.3) is 0 Å². The Morgan fingerprint density at radius 1 is 0.806 bits per heavy atom. The molecule has 0 saturated carbocycles. The fourth-order valence-electron chi connectivity index (χ4n) is 4.57. The van der Waals surface area contributed by atoms with Crippen LogP contribution in [0.1, 0.15) is 63.8 Å². The molecule has 194 valence electrons. The minimum absolute atomic E-state index is 0.181. The van der Waals surface area contributed by atoms with Gasteiger partial charge in [-0.25, -0.2) is 9.66 Å². The van der Waals surface area contributed by atoms with Gasteiger partial charge in [0.2, 0.25) is 0 Å². The van der Waals surface area contributed by atoms with Gasteiger partial charge in [-0.3, -0.25) is 0 Å². The maximum atomic E-state index is 5.44. The molecule has 0 aliphatic heterocycles. The van der Waals surface area contributed by atoms with Crippen molar-refractivity contribution in [1.29, 1.82) is 0 Å². The Balaban J connectivity index is 0.00000145. The molecular formula is C30H40Cl2CrN2P+. The number of rotatable bonds is 8. The number of hydrogen-bond donors (Lipinski definition) is 0. The van der Waals surface area contributed by atoms with Crippen LogP contribution in [-0.2, 0) is 26.2 Å². The molecule has 0 saturated heterocycles. The summed E-state index contributed by atoms with van der Waals surface area (Å²) >= 11 is -0.181. The van der Waals surface area contributed by atoms with Crippen LogP contribution in [0.25, 0.3) is 0 Å². The summed E-state index contributed by atoms with van der Waals surface area (Å²) in [5.74, 6) is 1.08. The van der Waals surface area contributed by atoms with Crippen molar-refractivity contribution in [3.05, 3.63) is 95.1 Å². The molecule has 0 heterocycles. The van der Waals surface area contributed by atoms with Crippen LogP contribution in [0.15, 0.2) is 77.8 Å². The fourth-order valence-corrected chi connectivity index (χ4v) is 7.85. The zero-order valence-electron chi connectivity index (χ0n) is 22.6. The molecule has 0 fully saturated rings. The van der Waals surface area contributed by atoms with Crippen molar-refractivity contribution in [2.24, 2.45) is 4.99 Å². The van der Waals surface area contributed by atoms with Crippen molar-refractivity contribution < 1.29 is 13.4 Å². The maximum absolute atomic E-state index is 5.44. The zero-order valence-corrected chi connectivity index (χ0v) is 26.3. The van der Waals surface area contributed by atoms with Crippen molar-refractivity contribution in [3.63, 3.8) is 0 Å². The molecule has 3 aromatic rings. The summed E-state index contributed by atoms with van der Waals surface area (Å²) in [6.45, 7) is 16.1. The summed E-state index contributed by atoms with van der Waals surface area (Å²) in [4.78, 5) is 5.44. The van der Waals surface area contributed by atoms with Crippen molar-refractivity contribution >= 4 is 45.4 Å². The van der Waals surface area contributed by atoms with Gasteiger partial charge in [-0.2, -0.15) is 0 Å². The number of para-hydroxylation sites is 2. The third-order valence-electron chi connectivity index (χ3n) is 6.18. The number of aryl methyl sites for hydroxylation is 3. The van der Waals surface area contributed by atoms with Crippen LogP contribution in [-0.4, -0.2) is 17.2 Å². The van der Waals surface area contributed by atoms with E-state index in [-0.39, 0.29) is 13.4 Å². The first-order valence-electron chi connectivity index (χ1n) is 12.7. The Bertz CT molecular complexity index is 1090. The quantitative estimate of drug-likeness (QED) is 0.147. The monoisotopic (exact) mass is 581 g/mol. The van der Waals surface area contributed by atoms with Gasteiger partial charge in [0, 0.05) is 5.56 Å². The average Bonchev–Trinajstić information content (AvgIpc) is 2.87. The summed E-state index contributed by atoms with van der Waals surface area (Å²) in [7, 11) is 8.66. The summed E-state index contributed by atoms with van der Waals surface area (Å²) in [6, 6.07) is 26.4. The molecule has 0 N–H and O–H groups in total. The molecule has 0 aliphatic carbocycles. The minimum atomic E-state index is -0.993. The van der Waals surface area contributed by atoms with E-state index < -0.39 is 8.07 Å². The van der Waals surface area contributed by atoms with E-state index in [1.54, 1.807) is 0 Å². The number of hydrogen-bond acceptors (Lipinski definition) is 1. The van der Waals surface area contributed by atoms with Gasteiger partial charge < -0.3 is 0 Å². The van der Waals surface area contributed by atoms with E-state index in [9.17, 15) is 0 Å². The number of aliphatic imine (C=N–C) groups is 1. The molecule has 0 aliphatic rings. The van der Waals surface area contributed by atoms with Gasteiger partial charge in [0.05, 0.1) is 22.7 Å². The molecule has 0 aromatic heterocycles. The average molecular weight is 583 g/mol. The number of amidine groups is 1. The van der Waals surface area contributed by atoms with E-state index >= 15 is 0 Å². The van der Waals surface area contributed by atoms with E-state index in [4.69, 9.17) is 25.1 Å². The molecular weight excluding hydrogens is 542 g/mol. The predicted molar refractivity (Wildman–Crippen MR) is 162 cm³/mol. The van der Waals surface area contributed by atoms with E-state index in [1.807, 2.05) is 0 Å². The van der Waals surface area contributed by atoms with Crippen LogP contribution in [0.2, 0.25) is 0 Å². The number of halogens is 2. The molecule has 2 nitrogen and oxygen atoms in total. The molecule has 0 spiro atoms. The Morgan fingerprint density at radius 3 is 1.83 bits per heavy atom. The molecule has 3 rings (SSSR count). The zero-order chi connectivity index (χ0) is 26.7. The second-order valence-electron chi connectivity index (χ2n) is 9.39. The third-order valence-corrected chi connectivity index (χ3v) is 9.51. The van der Waals surface area contributed by atoms with Crippen molar-refractivity contribution in [2.45, 2.75) is 72.6 Å². The Kier molecular flexibility index (Phi) is 13.6. The number of nitrogens with zero attached hydrogens (tertiary/aromatic N) is 2. The number of benzene rings is 3. The Labute approximate surface area is 235 Å². The van der Waals surface area contributed by atoms with Crippen LogP contribution >= 0.6 is 28.2 Å². The van der Waals surface area contributed by atoms with Crippen molar-refractivity contribution in [3.8, 4) is 0 Å². The summed E-state index contributed by atoms with van der Waals surface area (Å²) in [5.41, 5.74) is 8.63. The predicted octanol–water partition coefficient (Wildman–Crippen LogP) is 10.0. The molecule has 0 unspecified atom stereocenters. The van der Waals surface area contributed by atoms with Gasteiger partial charge in [0.1, 0.15) is 8.07 Å². The van der Waals surface area contributed by atoms with E-state index in [0.29, 0.717) is 11.3 Å². The fraction of sp³-hybridized carbons (Fsp3) is 0.367. The molecule has 0 atom stereocenters. The second kappa shape index (κ2) is 15.8. The second-order valence-corrected chi connectivity index (χ2v) is 15.1. The van der Waals surface area contributed by atoms with Gasteiger partial charge in [-0.15, -0.1) is 0 Å². The third kappa shape index (κ3) is 8.34. The summed E-state index contributed by atoms with van der Waals surface area (Å²) < 4.78 is 2.63. The topological polar surface area (TPSA) is 15.6 Å². The number of anilines is 1. The van der Waals surface area contributed by atoms with Gasteiger partial charge in [-0.1, -0.05) is 80.1 Å². The first kappa shape index (κ1) is 30.9. The molecule has 3 aromatic carbocycles. The normalized spacial score (nSPS) is 11.6. The van der Waals surface area contributed by atoms with Crippen molar-refractivity contribution in [2.75, 3.05) is 4.67 Å². The molecule has 6 heteroatoms. The standard InChI is InChI=1S/C30H39N2P.2ClH.Cr/c1-8-25-14-10-12-16-28(25)31-30(27-20-18-24(7)19-21-27)32(33(22(3)4)23(5)6)29-17-13-11-15-26(29)9-2;;;/h10-23H,8-9H2,1-7H3;2*1H;/q;;;+2/p-1. The van der Waals surface area contributed by atoms with Crippen LogP contribution in [0.5, 0.6) is 0 Å². The van der Waals surface area contributed by atoms with E-state index in [0.717, 1.165) is 24.4 Å². The molecule has 0 radical (unpaired) electrons. The Hall–Kier alpha value is -1.33. The summed E-state index contributed by atoms with van der Waals surface area (Å²) in [5, 5.41) is 0. The van der Waals surface area contributed by atoms with Crippen LogP contribution < -0.4 is 4.67 Å². The van der Waals surface area contributed by atoms with Crippen LogP contribution in [0, 0.1) is 6.92 Å². The van der Waals surface area contributed by atoms with E-state index in [1.165, 1.54) is 27.9 Å². The molecule has 0 amide bonds. The first-order valence-corrected chi connectivity index (χ1v) is 17.8. The summed E-state index contributed by atoms with van der Waals surface area (Å²) in [6.07, 6.45) is 1.98. The van der Waals surface area contributed by atoms with E-state index in [2.05, 4.69) is 126 Å². The SMILES string of the molecule is CCc1ccccc1N=C(c1ccc(C)cc1)N(c1ccccc1CC)[PH+](C(C)C)C(C)C.[Cl][Cr][Cl]. The van der Waals surface area contributed by atoms with Gasteiger partial charge in [0.15, 0.2) is 5.84 Å². The van der Waals surface area contributed by atoms with Gasteiger partial charge in [-0.05, 0) is 70.7 Å². The van der Waals surface area contributed by atoms with Gasteiger partial charge >= 0.3 is 33.5 Å². The Morgan fingerprint density at radius 2 is 1.31 bits per heavy atom. The molecule has 36 heavy (non-hydrogen) atoms. The molecule has 0 bridgehead atoms. The first-order chi connectivity index (χ1) is 17.3.